The fourth-order valence-corrected chi connectivity index (χ4v) is 3.15. The molecule has 2 aromatic rings. The number of hydrogen-bond acceptors (Lipinski definition) is 4. The minimum Gasteiger partial charge on any atom is -0.397 e. The zero-order valence-electron chi connectivity index (χ0n) is 10.9. The van der Waals surface area contributed by atoms with Gasteiger partial charge in [0.05, 0.1) is 28.3 Å². The number of hydrogen-bond donors (Lipinski definition) is 2. The Labute approximate surface area is 117 Å². The summed E-state index contributed by atoms with van der Waals surface area (Å²) in [5, 5.41) is 5.10. The lowest BCUT2D eigenvalue weighted by Crippen LogP contribution is -2.13. The molecule has 1 aliphatic rings. The van der Waals surface area contributed by atoms with Gasteiger partial charge in [-0.15, -0.1) is 0 Å². The first-order valence-electron chi connectivity index (χ1n) is 6.44. The lowest BCUT2D eigenvalue weighted by Gasteiger charge is -2.15. The maximum absolute atomic E-state index is 11.3. The van der Waals surface area contributed by atoms with E-state index in [9.17, 15) is 8.42 Å². The van der Waals surface area contributed by atoms with Gasteiger partial charge in [0.2, 0.25) is 10.0 Å². The summed E-state index contributed by atoms with van der Waals surface area (Å²) in [7, 11) is -3.73. The summed E-state index contributed by atoms with van der Waals surface area (Å²) in [5.41, 5.74) is 9.36. The quantitative estimate of drug-likeness (QED) is 0.805. The van der Waals surface area contributed by atoms with Crippen molar-refractivity contribution in [2.24, 2.45) is 5.14 Å². The van der Waals surface area contributed by atoms with Crippen molar-refractivity contribution in [3.63, 3.8) is 0 Å². The number of fused-ring (bicyclic) bond motifs is 1. The number of nitrogen functional groups attached to an aromatic ring is 1. The van der Waals surface area contributed by atoms with E-state index in [1.807, 2.05) is 4.57 Å². The Kier molecular flexibility index (Phi) is 3.02. The molecule has 1 heterocycles. The second-order valence-electron chi connectivity index (χ2n) is 4.98. The molecule has 106 valence electrons. The van der Waals surface area contributed by atoms with Crippen LogP contribution in [0, 0.1) is 0 Å². The Morgan fingerprint density at radius 3 is 2.65 bits per heavy atom. The molecule has 0 bridgehead atoms. The Bertz CT molecular complexity index is 765. The number of rotatable bonds is 2. The number of imidazole rings is 1. The van der Waals surface area contributed by atoms with Gasteiger partial charge in [0.15, 0.2) is 0 Å². The molecule has 1 aromatic heterocycles. The summed E-state index contributed by atoms with van der Waals surface area (Å²) in [4.78, 5) is 4.43. The van der Waals surface area contributed by atoms with E-state index in [1.165, 1.54) is 12.1 Å². The maximum Gasteiger partial charge on any atom is 0.238 e. The molecule has 6 nitrogen and oxygen atoms in total. The van der Waals surface area contributed by atoms with Crippen LogP contribution < -0.4 is 10.9 Å². The third kappa shape index (κ3) is 2.19. The second kappa shape index (κ2) is 4.60. The standard InChI is InChI=1S/C13H16N4O2S/c14-10-7-9(20(15,18)19)5-6-12(10)17-8-16-11-3-1-2-4-13(11)17/h5-8H,1-4,14H2,(H2,15,18,19). The molecular weight excluding hydrogens is 276 g/mol. The van der Waals surface area contributed by atoms with Crippen molar-refractivity contribution >= 4 is 15.7 Å². The van der Waals surface area contributed by atoms with Gasteiger partial charge < -0.3 is 10.3 Å². The lowest BCUT2D eigenvalue weighted by molar-refractivity contribution is 0.598. The highest BCUT2D eigenvalue weighted by molar-refractivity contribution is 7.89. The molecule has 0 fully saturated rings. The van der Waals surface area contributed by atoms with Gasteiger partial charge in [-0.1, -0.05) is 0 Å². The van der Waals surface area contributed by atoms with Crippen molar-refractivity contribution in [3.05, 3.63) is 35.9 Å². The van der Waals surface area contributed by atoms with E-state index in [0.717, 1.165) is 42.8 Å². The molecule has 0 amide bonds. The molecule has 0 unspecified atom stereocenters. The van der Waals surface area contributed by atoms with Crippen molar-refractivity contribution in [2.75, 3.05) is 5.73 Å². The van der Waals surface area contributed by atoms with E-state index < -0.39 is 10.0 Å². The molecule has 20 heavy (non-hydrogen) atoms. The first-order valence-corrected chi connectivity index (χ1v) is 7.99. The molecule has 0 saturated heterocycles. The Morgan fingerprint density at radius 2 is 1.95 bits per heavy atom. The molecule has 0 saturated carbocycles. The van der Waals surface area contributed by atoms with E-state index >= 15 is 0 Å². The number of anilines is 1. The Morgan fingerprint density at radius 1 is 1.20 bits per heavy atom. The first kappa shape index (κ1) is 13.1. The Hall–Kier alpha value is -1.86. The van der Waals surface area contributed by atoms with Crippen molar-refractivity contribution in [1.82, 2.24) is 9.55 Å². The molecule has 7 heteroatoms. The first-order chi connectivity index (χ1) is 9.47. The summed E-state index contributed by atoms with van der Waals surface area (Å²) in [6.45, 7) is 0. The molecular formula is C13H16N4O2S. The highest BCUT2D eigenvalue weighted by Crippen LogP contribution is 2.27. The van der Waals surface area contributed by atoms with Gasteiger partial charge in [-0.3, -0.25) is 0 Å². The topological polar surface area (TPSA) is 104 Å². The van der Waals surface area contributed by atoms with Crippen molar-refractivity contribution < 1.29 is 8.42 Å². The van der Waals surface area contributed by atoms with Crippen molar-refractivity contribution in [2.45, 2.75) is 30.6 Å². The molecule has 0 atom stereocenters. The average molecular weight is 292 g/mol. The smallest absolute Gasteiger partial charge is 0.238 e. The monoisotopic (exact) mass is 292 g/mol. The number of sulfonamides is 1. The van der Waals surface area contributed by atoms with Crippen molar-refractivity contribution in [3.8, 4) is 5.69 Å². The van der Waals surface area contributed by atoms with Gasteiger partial charge in [-0.25, -0.2) is 18.5 Å². The van der Waals surface area contributed by atoms with Crippen LogP contribution >= 0.6 is 0 Å². The number of aryl methyl sites for hydroxylation is 1. The summed E-state index contributed by atoms with van der Waals surface area (Å²) in [6, 6.07) is 4.53. The average Bonchev–Trinajstić information content (AvgIpc) is 2.81. The Balaban J connectivity index is 2.09. The lowest BCUT2D eigenvalue weighted by atomic mass is 10.0. The van der Waals surface area contributed by atoms with E-state index in [1.54, 1.807) is 12.4 Å². The SMILES string of the molecule is Nc1cc(S(N)(=O)=O)ccc1-n1cnc2c1CCCC2. The molecule has 0 aliphatic heterocycles. The minimum atomic E-state index is -3.73. The summed E-state index contributed by atoms with van der Waals surface area (Å²) < 4.78 is 24.6. The molecule has 4 N–H and O–H groups in total. The van der Waals surface area contributed by atoms with Crippen LogP contribution in [0.25, 0.3) is 5.69 Å². The van der Waals surface area contributed by atoms with Gasteiger partial charge in [0, 0.05) is 5.69 Å². The molecule has 0 spiro atoms. The van der Waals surface area contributed by atoms with Crippen LogP contribution in [-0.4, -0.2) is 18.0 Å². The van der Waals surface area contributed by atoms with E-state index in [4.69, 9.17) is 10.9 Å². The van der Waals surface area contributed by atoms with Crippen LogP contribution in [0.2, 0.25) is 0 Å². The number of primary sulfonamides is 1. The number of aromatic nitrogens is 2. The molecule has 3 rings (SSSR count). The fourth-order valence-electron chi connectivity index (χ4n) is 2.61. The third-order valence-corrected chi connectivity index (χ3v) is 4.53. The van der Waals surface area contributed by atoms with E-state index in [-0.39, 0.29) is 4.90 Å². The van der Waals surface area contributed by atoms with Gasteiger partial charge >= 0.3 is 0 Å². The van der Waals surface area contributed by atoms with Crippen LogP contribution in [0.4, 0.5) is 5.69 Å². The van der Waals surface area contributed by atoms with Crippen LogP contribution in [0.1, 0.15) is 24.2 Å². The van der Waals surface area contributed by atoms with Gasteiger partial charge in [-0.05, 0) is 43.9 Å². The van der Waals surface area contributed by atoms with Crippen LogP contribution in [0.5, 0.6) is 0 Å². The summed E-state index contributed by atoms with van der Waals surface area (Å²) in [6.07, 6.45) is 5.99. The summed E-state index contributed by atoms with van der Waals surface area (Å²) >= 11 is 0. The molecule has 0 radical (unpaired) electrons. The number of benzene rings is 1. The predicted octanol–water partition coefficient (Wildman–Crippen LogP) is 0.981. The van der Waals surface area contributed by atoms with E-state index in [2.05, 4.69) is 4.98 Å². The normalized spacial score (nSPS) is 15.1. The van der Waals surface area contributed by atoms with Gasteiger partial charge in [0.1, 0.15) is 0 Å². The highest BCUT2D eigenvalue weighted by atomic mass is 32.2. The zero-order chi connectivity index (χ0) is 14.3. The van der Waals surface area contributed by atoms with Gasteiger partial charge in [-0.2, -0.15) is 0 Å². The van der Waals surface area contributed by atoms with Crippen LogP contribution in [0.3, 0.4) is 0 Å². The van der Waals surface area contributed by atoms with Crippen LogP contribution in [-0.2, 0) is 22.9 Å². The van der Waals surface area contributed by atoms with E-state index in [0.29, 0.717) is 5.69 Å². The largest absolute Gasteiger partial charge is 0.397 e. The number of nitrogens with two attached hydrogens (primary N) is 2. The fraction of sp³-hybridized carbons (Fsp3) is 0.308. The number of nitrogens with zero attached hydrogens (tertiary/aromatic N) is 2. The van der Waals surface area contributed by atoms with Crippen molar-refractivity contribution in [1.29, 1.82) is 0 Å². The second-order valence-corrected chi connectivity index (χ2v) is 6.54. The predicted molar refractivity (Wildman–Crippen MR) is 76.0 cm³/mol. The maximum atomic E-state index is 11.3. The highest BCUT2D eigenvalue weighted by Gasteiger charge is 2.18. The molecule has 1 aromatic carbocycles. The van der Waals surface area contributed by atoms with Crippen LogP contribution in [0.15, 0.2) is 29.4 Å². The zero-order valence-corrected chi connectivity index (χ0v) is 11.7. The summed E-state index contributed by atoms with van der Waals surface area (Å²) in [5.74, 6) is 0. The molecule has 1 aliphatic carbocycles. The third-order valence-electron chi connectivity index (χ3n) is 3.62. The minimum absolute atomic E-state index is 0.0210. The van der Waals surface area contributed by atoms with Gasteiger partial charge in [0.25, 0.3) is 0 Å².